The number of aromatic nitrogens is 2. The van der Waals surface area contributed by atoms with Crippen LogP contribution in [0.25, 0.3) is 0 Å². The first-order valence-electron chi connectivity index (χ1n) is 7.55. The molecule has 2 rings (SSSR count). The Hall–Kier alpha value is -1.01. The van der Waals surface area contributed by atoms with E-state index in [1.807, 2.05) is 13.8 Å². The summed E-state index contributed by atoms with van der Waals surface area (Å²) in [5.74, 6) is 0.410. The maximum absolute atomic E-state index is 11.6. The second-order valence-corrected chi connectivity index (χ2v) is 8.40. The van der Waals surface area contributed by atoms with Crippen LogP contribution in [0.4, 0.5) is 0 Å². The summed E-state index contributed by atoms with van der Waals surface area (Å²) in [6.07, 6.45) is 5.83. The molecule has 0 radical (unpaired) electrons. The van der Waals surface area contributed by atoms with Gasteiger partial charge in [0.25, 0.3) is 0 Å². The predicted octanol–water partition coefficient (Wildman–Crippen LogP) is 1.88. The quantitative estimate of drug-likeness (QED) is 0.779. The average Bonchev–Trinajstić information content (AvgIpc) is 3.18. The van der Waals surface area contributed by atoms with E-state index in [2.05, 4.69) is 15.3 Å². The van der Waals surface area contributed by atoms with E-state index in [4.69, 9.17) is 0 Å². The second-order valence-electron chi connectivity index (χ2n) is 6.03. The molecular formula is C15H25N3O2S. The maximum Gasteiger partial charge on any atom is 0.157 e. The average molecular weight is 311 g/mol. The number of hydrogen-bond donors (Lipinski definition) is 1. The molecule has 1 atom stereocenters. The van der Waals surface area contributed by atoms with Gasteiger partial charge >= 0.3 is 0 Å². The monoisotopic (exact) mass is 311 g/mol. The van der Waals surface area contributed by atoms with Crippen LogP contribution in [-0.4, -0.2) is 37.2 Å². The van der Waals surface area contributed by atoms with E-state index in [1.165, 1.54) is 19.1 Å². The summed E-state index contributed by atoms with van der Waals surface area (Å²) in [6.45, 7) is 6.54. The highest BCUT2D eigenvalue weighted by molar-refractivity contribution is 7.90. The fourth-order valence-electron chi connectivity index (χ4n) is 2.36. The van der Waals surface area contributed by atoms with Gasteiger partial charge in [0.2, 0.25) is 0 Å². The summed E-state index contributed by atoms with van der Waals surface area (Å²) in [7, 11) is -3.16. The van der Waals surface area contributed by atoms with E-state index in [0.717, 1.165) is 42.4 Å². The van der Waals surface area contributed by atoms with Gasteiger partial charge in [0.1, 0.15) is 11.1 Å². The van der Waals surface area contributed by atoms with Crippen molar-refractivity contribution in [3.63, 3.8) is 0 Å². The molecule has 6 heteroatoms. The lowest BCUT2D eigenvalue weighted by molar-refractivity contribution is 0.588. The van der Waals surface area contributed by atoms with Gasteiger partial charge in [-0.25, -0.2) is 18.4 Å². The molecule has 0 amide bonds. The Morgan fingerprint density at radius 2 is 1.81 bits per heavy atom. The molecule has 5 nitrogen and oxygen atoms in total. The van der Waals surface area contributed by atoms with Crippen molar-refractivity contribution in [2.24, 2.45) is 0 Å². The predicted molar refractivity (Wildman–Crippen MR) is 84.1 cm³/mol. The lowest BCUT2D eigenvalue weighted by Gasteiger charge is -2.14. The third-order valence-corrected chi connectivity index (χ3v) is 5.55. The third-order valence-electron chi connectivity index (χ3n) is 4.06. The topological polar surface area (TPSA) is 72.0 Å². The SMILES string of the molecule is Cc1nc(C(C)S(C)(=O)=O)nc(C)c1CCCNC1CC1. The highest BCUT2D eigenvalue weighted by atomic mass is 32.2. The summed E-state index contributed by atoms with van der Waals surface area (Å²) in [4.78, 5) is 8.83. The van der Waals surface area contributed by atoms with Crippen molar-refractivity contribution >= 4 is 9.84 Å². The van der Waals surface area contributed by atoms with E-state index in [1.54, 1.807) is 6.92 Å². The Bertz CT molecular complexity index is 586. The number of nitrogens with zero attached hydrogens (tertiary/aromatic N) is 2. The van der Waals surface area contributed by atoms with Crippen LogP contribution in [0.5, 0.6) is 0 Å². The molecule has 1 unspecified atom stereocenters. The minimum atomic E-state index is -3.16. The van der Waals surface area contributed by atoms with Gasteiger partial charge in [0.05, 0.1) is 0 Å². The lowest BCUT2D eigenvalue weighted by atomic mass is 10.1. The fourth-order valence-corrected chi connectivity index (χ4v) is 2.85. The molecule has 1 aliphatic carbocycles. The summed E-state index contributed by atoms with van der Waals surface area (Å²) in [6, 6.07) is 0.737. The number of aryl methyl sites for hydroxylation is 2. The zero-order chi connectivity index (χ0) is 15.6. The Kier molecular flexibility index (Phi) is 4.99. The van der Waals surface area contributed by atoms with E-state index < -0.39 is 15.1 Å². The molecule has 1 fully saturated rings. The zero-order valence-electron chi connectivity index (χ0n) is 13.3. The first-order valence-corrected chi connectivity index (χ1v) is 9.50. The van der Waals surface area contributed by atoms with E-state index >= 15 is 0 Å². The van der Waals surface area contributed by atoms with Gasteiger partial charge < -0.3 is 5.32 Å². The van der Waals surface area contributed by atoms with E-state index in [-0.39, 0.29) is 0 Å². The first-order chi connectivity index (χ1) is 9.79. The van der Waals surface area contributed by atoms with Crippen LogP contribution >= 0.6 is 0 Å². The fraction of sp³-hybridized carbons (Fsp3) is 0.733. The normalized spacial score (nSPS) is 17.0. The third kappa shape index (κ3) is 4.48. The molecule has 1 aromatic rings. The van der Waals surface area contributed by atoms with Gasteiger partial charge in [-0.15, -0.1) is 0 Å². The van der Waals surface area contributed by atoms with Gasteiger partial charge in [-0.2, -0.15) is 0 Å². The molecular weight excluding hydrogens is 286 g/mol. The Labute approximate surface area is 127 Å². The number of rotatable bonds is 7. The molecule has 1 heterocycles. The van der Waals surface area contributed by atoms with Crippen molar-refractivity contribution < 1.29 is 8.42 Å². The Morgan fingerprint density at radius 3 is 2.29 bits per heavy atom. The zero-order valence-corrected chi connectivity index (χ0v) is 14.1. The molecule has 118 valence electrons. The summed E-state index contributed by atoms with van der Waals surface area (Å²) < 4.78 is 23.3. The molecule has 1 aliphatic rings. The van der Waals surface area contributed by atoms with Crippen LogP contribution in [0, 0.1) is 13.8 Å². The molecule has 1 N–H and O–H groups in total. The van der Waals surface area contributed by atoms with Gasteiger partial charge in [-0.05, 0) is 58.6 Å². The summed E-state index contributed by atoms with van der Waals surface area (Å²) in [5, 5.41) is 2.84. The van der Waals surface area contributed by atoms with Crippen molar-refractivity contribution in [2.45, 2.75) is 57.7 Å². The minimum Gasteiger partial charge on any atom is -0.314 e. The van der Waals surface area contributed by atoms with E-state index in [0.29, 0.717) is 5.82 Å². The highest BCUT2D eigenvalue weighted by Gasteiger charge is 2.22. The molecule has 1 saturated carbocycles. The van der Waals surface area contributed by atoms with Crippen molar-refractivity contribution in [3.05, 3.63) is 22.8 Å². The van der Waals surface area contributed by atoms with Crippen molar-refractivity contribution in [1.29, 1.82) is 0 Å². The number of sulfone groups is 1. The second kappa shape index (κ2) is 6.40. The molecule has 1 aromatic heterocycles. The molecule has 0 bridgehead atoms. The number of hydrogen-bond acceptors (Lipinski definition) is 5. The van der Waals surface area contributed by atoms with Gasteiger partial charge in [-0.1, -0.05) is 0 Å². The maximum atomic E-state index is 11.6. The van der Waals surface area contributed by atoms with E-state index in [9.17, 15) is 8.42 Å². The Morgan fingerprint density at radius 1 is 1.24 bits per heavy atom. The molecule has 0 spiro atoms. The first kappa shape index (κ1) is 16.4. The van der Waals surface area contributed by atoms with Crippen LogP contribution in [0.15, 0.2) is 0 Å². The minimum absolute atomic E-state index is 0.410. The molecule has 0 aliphatic heterocycles. The van der Waals surface area contributed by atoms with Crippen LogP contribution in [-0.2, 0) is 16.3 Å². The van der Waals surface area contributed by atoms with Gasteiger partial charge in [-0.3, -0.25) is 0 Å². The smallest absolute Gasteiger partial charge is 0.157 e. The van der Waals surface area contributed by atoms with Crippen molar-refractivity contribution in [1.82, 2.24) is 15.3 Å². The molecule has 0 aromatic carbocycles. The van der Waals surface area contributed by atoms with Crippen molar-refractivity contribution in [3.8, 4) is 0 Å². The molecule has 21 heavy (non-hydrogen) atoms. The van der Waals surface area contributed by atoms with Crippen molar-refractivity contribution in [2.75, 3.05) is 12.8 Å². The van der Waals surface area contributed by atoms with Gasteiger partial charge in [0, 0.05) is 23.7 Å². The van der Waals surface area contributed by atoms with Crippen LogP contribution in [0.1, 0.15) is 54.2 Å². The van der Waals surface area contributed by atoms with Crippen LogP contribution in [0.3, 0.4) is 0 Å². The number of nitrogens with one attached hydrogen (secondary N) is 1. The summed E-state index contributed by atoms with van der Waals surface area (Å²) >= 11 is 0. The Balaban J connectivity index is 2.05. The standard InChI is InChI=1S/C15H25N3O2S/c1-10-14(6-5-9-16-13-7-8-13)11(2)18-15(17-10)12(3)21(4,19)20/h12-13,16H,5-9H2,1-4H3. The van der Waals surface area contributed by atoms with Gasteiger partial charge in [0.15, 0.2) is 9.84 Å². The lowest BCUT2D eigenvalue weighted by Crippen LogP contribution is -2.19. The highest BCUT2D eigenvalue weighted by Crippen LogP contribution is 2.21. The van der Waals surface area contributed by atoms with Crippen LogP contribution in [0.2, 0.25) is 0 Å². The van der Waals surface area contributed by atoms with Crippen LogP contribution < -0.4 is 5.32 Å². The largest absolute Gasteiger partial charge is 0.314 e. The summed E-state index contributed by atoms with van der Waals surface area (Å²) in [5.41, 5.74) is 2.95. The molecule has 0 saturated heterocycles.